The summed E-state index contributed by atoms with van der Waals surface area (Å²) < 4.78 is 5.01. The SMILES string of the molecule is C/C(S)=C\c1c(C)cc(C)nc1C.C1COCCN1. The third-order valence-corrected chi connectivity index (χ3v) is 2.91. The van der Waals surface area contributed by atoms with Gasteiger partial charge in [-0.3, -0.25) is 4.98 Å². The number of nitrogens with zero attached hydrogens (tertiary/aromatic N) is 1. The van der Waals surface area contributed by atoms with Crippen molar-refractivity contribution in [2.75, 3.05) is 26.3 Å². The Morgan fingerprint density at radius 2 is 1.95 bits per heavy atom. The highest BCUT2D eigenvalue weighted by atomic mass is 32.1. The molecule has 1 N–H and O–H groups in total. The van der Waals surface area contributed by atoms with Crippen LogP contribution in [0.5, 0.6) is 0 Å². The van der Waals surface area contributed by atoms with E-state index in [1.165, 1.54) is 11.1 Å². The normalized spacial score (nSPS) is 15.7. The van der Waals surface area contributed by atoms with Gasteiger partial charge in [-0.1, -0.05) is 0 Å². The number of allylic oxidation sites excluding steroid dienone is 1. The summed E-state index contributed by atoms with van der Waals surface area (Å²) in [5.41, 5.74) is 4.60. The summed E-state index contributed by atoms with van der Waals surface area (Å²) in [7, 11) is 0. The summed E-state index contributed by atoms with van der Waals surface area (Å²) in [5, 5.41) is 3.16. The second kappa shape index (κ2) is 8.35. The lowest BCUT2D eigenvalue weighted by molar-refractivity contribution is 0.109. The first kappa shape index (κ1) is 16.2. The number of aryl methyl sites for hydroxylation is 3. The molecule has 1 aromatic heterocycles. The molecule has 1 aliphatic heterocycles. The summed E-state index contributed by atoms with van der Waals surface area (Å²) in [4.78, 5) is 5.42. The van der Waals surface area contributed by atoms with Crippen LogP contribution in [0.4, 0.5) is 0 Å². The van der Waals surface area contributed by atoms with Crippen LogP contribution in [-0.4, -0.2) is 31.3 Å². The van der Waals surface area contributed by atoms with Crippen molar-refractivity contribution in [1.82, 2.24) is 10.3 Å². The topological polar surface area (TPSA) is 34.1 Å². The largest absolute Gasteiger partial charge is 0.379 e. The van der Waals surface area contributed by atoms with Crippen LogP contribution < -0.4 is 5.32 Å². The lowest BCUT2D eigenvalue weighted by atomic mass is 10.1. The average Bonchev–Trinajstić information content (AvgIpc) is 2.36. The molecule has 0 spiro atoms. The second-order valence-corrected chi connectivity index (χ2v) is 5.43. The van der Waals surface area contributed by atoms with Gasteiger partial charge in [-0.2, -0.15) is 0 Å². The number of hydrogen-bond donors (Lipinski definition) is 2. The Morgan fingerprint density at radius 1 is 1.32 bits per heavy atom. The maximum atomic E-state index is 5.01. The molecule has 0 bridgehead atoms. The molecule has 0 aromatic carbocycles. The number of morpholine rings is 1. The van der Waals surface area contributed by atoms with E-state index in [4.69, 9.17) is 4.74 Å². The highest BCUT2D eigenvalue weighted by molar-refractivity contribution is 7.84. The first-order chi connectivity index (χ1) is 9.00. The van der Waals surface area contributed by atoms with Crippen LogP contribution in [0.25, 0.3) is 6.08 Å². The van der Waals surface area contributed by atoms with Gasteiger partial charge in [0.1, 0.15) is 0 Å². The van der Waals surface area contributed by atoms with Crippen molar-refractivity contribution in [1.29, 1.82) is 0 Å². The van der Waals surface area contributed by atoms with Gasteiger partial charge in [0, 0.05) is 24.5 Å². The minimum Gasteiger partial charge on any atom is -0.379 e. The number of ether oxygens (including phenoxy) is 1. The zero-order valence-electron chi connectivity index (χ0n) is 12.3. The minimum absolute atomic E-state index is 0.889. The fraction of sp³-hybridized carbons (Fsp3) is 0.533. The van der Waals surface area contributed by atoms with E-state index < -0.39 is 0 Å². The Balaban J connectivity index is 0.000000250. The van der Waals surface area contributed by atoms with Crippen molar-refractivity contribution in [3.63, 3.8) is 0 Å². The van der Waals surface area contributed by atoms with Crippen LogP contribution >= 0.6 is 12.6 Å². The molecule has 1 saturated heterocycles. The Hall–Kier alpha value is -0.840. The molecule has 0 amide bonds. The van der Waals surface area contributed by atoms with Crippen LogP contribution in [0.15, 0.2) is 11.0 Å². The second-order valence-electron chi connectivity index (χ2n) is 4.73. The van der Waals surface area contributed by atoms with E-state index in [-0.39, 0.29) is 0 Å². The van der Waals surface area contributed by atoms with Gasteiger partial charge in [-0.25, -0.2) is 0 Å². The Labute approximate surface area is 121 Å². The van der Waals surface area contributed by atoms with Gasteiger partial charge in [0.25, 0.3) is 0 Å². The van der Waals surface area contributed by atoms with Crippen molar-refractivity contribution in [3.8, 4) is 0 Å². The van der Waals surface area contributed by atoms with E-state index in [0.29, 0.717) is 0 Å². The molecule has 0 radical (unpaired) electrons. The molecular formula is C15H24N2OS. The number of aromatic nitrogens is 1. The average molecular weight is 280 g/mol. The zero-order valence-corrected chi connectivity index (χ0v) is 13.2. The first-order valence-corrected chi connectivity index (χ1v) is 7.06. The van der Waals surface area contributed by atoms with Gasteiger partial charge in [0.2, 0.25) is 0 Å². The molecule has 3 nitrogen and oxygen atoms in total. The lowest BCUT2D eigenvalue weighted by Crippen LogP contribution is -2.30. The van der Waals surface area contributed by atoms with E-state index in [2.05, 4.69) is 42.0 Å². The van der Waals surface area contributed by atoms with Gasteiger partial charge in [-0.05, 0) is 55.9 Å². The minimum atomic E-state index is 0.889. The van der Waals surface area contributed by atoms with Gasteiger partial charge in [0.15, 0.2) is 0 Å². The zero-order chi connectivity index (χ0) is 14.3. The van der Waals surface area contributed by atoms with Crippen LogP contribution in [0.3, 0.4) is 0 Å². The molecule has 1 fully saturated rings. The monoisotopic (exact) mass is 280 g/mol. The number of hydrogen-bond acceptors (Lipinski definition) is 4. The predicted molar refractivity (Wildman–Crippen MR) is 84.8 cm³/mol. The molecule has 19 heavy (non-hydrogen) atoms. The molecule has 2 heterocycles. The fourth-order valence-electron chi connectivity index (χ4n) is 1.98. The van der Waals surface area contributed by atoms with Gasteiger partial charge in [-0.15, -0.1) is 12.6 Å². The predicted octanol–water partition coefficient (Wildman–Crippen LogP) is 2.90. The van der Waals surface area contributed by atoms with Crippen LogP contribution in [0.1, 0.15) is 29.4 Å². The van der Waals surface area contributed by atoms with Gasteiger partial charge in [0.05, 0.1) is 13.2 Å². The van der Waals surface area contributed by atoms with Crippen molar-refractivity contribution in [3.05, 3.63) is 33.5 Å². The van der Waals surface area contributed by atoms with Gasteiger partial charge >= 0.3 is 0 Å². The van der Waals surface area contributed by atoms with Crippen molar-refractivity contribution in [2.24, 2.45) is 0 Å². The van der Waals surface area contributed by atoms with E-state index in [1.807, 2.05) is 20.8 Å². The smallest absolute Gasteiger partial charge is 0.0591 e. The summed E-state index contributed by atoms with van der Waals surface area (Å²) in [6.45, 7) is 12.0. The maximum absolute atomic E-state index is 5.01. The standard InChI is InChI=1S/C11H15NS.C4H9NO/c1-7-5-8(2)12-10(4)11(7)6-9(3)13;1-3-6-4-2-5-1/h5-6,13H,1-4H3;5H,1-4H2/b9-6+;. The van der Waals surface area contributed by atoms with Crippen LogP contribution in [-0.2, 0) is 4.74 Å². The van der Waals surface area contributed by atoms with Crippen molar-refractivity contribution < 1.29 is 4.74 Å². The number of thiol groups is 1. The molecular weight excluding hydrogens is 256 g/mol. The molecule has 2 rings (SSSR count). The van der Waals surface area contributed by atoms with Crippen molar-refractivity contribution in [2.45, 2.75) is 27.7 Å². The van der Waals surface area contributed by atoms with E-state index in [1.54, 1.807) is 0 Å². The summed E-state index contributed by atoms with van der Waals surface area (Å²) in [5.74, 6) is 0. The molecule has 1 aliphatic rings. The molecule has 0 unspecified atom stereocenters. The highest BCUT2D eigenvalue weighted by Crippen LogP contribution is 2.17. The van der Waals surface area contributed by atoms with E-state index >= 15 is 0 Å². The Kier molecular flexibility index (Phi) is 7.13. The number of rotatable bonds is 1. The molecule has 1 aromatic rings. The fourth-order valence-corrected chi connectivity index (χ4v) is 2.11. The van der Waals surface area contributed by atoms with Crippen LogP contribution in [0, 0.1) is 20.8 Å². The molecule has 0 aliphatic carbocycles. The Bertz CT molecular complexity index is 401. The molecule has 106 valence electrons. The summed E-state index contributed by atoms with van der Waals surface area (Å²) in [6, 6.07) is 2.09. The van der Waals surface area contributed by atoms with Gasteiger partial charge < -0.3 is 10.1 Å². The molecule has 0 saturated carbocycles. The summed E-state index contributed by atoms with van der Waals surface area (Å²) >= 11 is 4.26. The van der Waals surface area contributed by atoms with Crippen LogP contribution in [0.2, 0.25) is 0 Å². The molecule has 0 atom stereocenters. The molecule has 4 heteroatoms. The number of nitrogens with one attached hydrogen (secondary N) is 1. The highest BCUT2D eigenvalue weighted by Gasteiger charge is 2.01. The number of pyridine rings is 1. The van der Waals surface area contributed by atoms with E-state index in [0.717, 1.165) is 42.6 Å². The summed E-state index contributed by atoms with van der Waals surface area (Å²) in [6.07, 6.45) is 2.06. The Morgan fingerprint density at radius 3 is 2.32 bits per heavy atom. The quantitative estimate of drug-likeness (QED) is 0.776. The third kappa shape index (κ3) is 6.23. The lowest BCUT2D eigenvalue weighted by Gasteiger charge is -2.10. The van der Waals surface area contributed by atoms with E-state index in [9.17, 15) is 0 Å². The van der Waals surface area contributed by atoms with Crippen molar-refractivity contribution >= 4 is 18.7 Å². The first-order valence-electron chi connectivity index (χ1n) is 6.61. The third-order valence-electron chi connectivity index (χ3n) is 2.78. The maximum Gasteiger partial charge on any atom is 0.0591 e.